The normalized spacial score (nSPS) is 12.6. The number of halogens is 1. The first-order valence-corrected chi connectivity index (χ1v) is 9.62. The summed E-state index contributed by atoms with van der Waals surface area (Å²) in [6, 6.07) is 18.6. The van der Waals surface area contributed by atoms with Crippen molar-refractivity contribution in [1.82, 2.24) is 0 Å². The molecular formula is C23H16ClNO6. The maximum Gasteiger partial charge on any atom is 0.349 e. The number of carboxylic acids is 1. The Hall–Kier alpha value is -3.89. The zero-order valence-corrected chi connectivity index (χ0v) is 16.8. The summed E-state index contributed by atoms with van der Waals surface area (Å²) in [7, 11) is 0. The van der Waals surface area contributed by atoms with Crippen molar-refractivity contribution in [2.24, 2.45) is 0 Å². The number of benzene rings is 3. The Morgan fingerprint density at radius 2 is 1.94 bits per heavy atom. The first-order valence-electron chi connectivity index (χ1n) is 9.24. The summed E-state index contributed by atoms with van der Waals surface area (Å²) in [6.45, 7) is 0.418. The summed E-state index contributed by atoms with van der Waals surface area (Å²) >= 11 is 6.14. The van der Waals surface area contributed by atoms with E-state index < -0.39 is 12.1 Å². The number of aliphatic carboxylic acids is 1. The fourth-order valence-electron chi connectivity index (χ4n) is 3.04. The van der Waals surface area contributed by atoms with Crippen molar-refractivity contribution >= 4 is 17.6 Å². The summed E-state index contributed by atoms with van der Waals surface area (Å²) < 4.78 is 22.1. The largest absolute Gasteiger partial charge is 0.489 e. The minimum absolute atomic E-state index is 0.0815. The number of hydrogen-bond acceptors (Lipinski definition) is 6. The Bertz CT molecular complexity index is 1170. The van der Waals surface area contributed by atoms with Crippen molar-refractivity contribution in [1.29, 1.82) is 5.26 Å². The van der Waals surface area contributed by atoms with E-state index in [0.717, 1.165) is 5.56 Å². The lowest BCUT2D eigenvalue weighted by Crippen LogP contribution is -2.19. The van der Waals surface area contributed by atoms with Crippen molar-refractivity contribution in [2.45, 2.75) is 12.7 Å². The van der Waals surface area contributed by atoms with Gasteiger partial charge in [0, 0.05) is 16.7 Å². The third-order valence-corrected chi connectivity index (χ3v) is 4.92. The van der Waals surface area contributed by atoms with Crippen LogP contribution in [-0.4, -0.2) is 17.9 Å². The number of ether oxygens (including phenoxy) is 4. The van der Waals surface area contributed by atoms with E-state index in [4.69, 9.17) is 30.5 Å². The van der Waals surface area contributed by atoms with Crippen LogP contribution in [-0.2, 0) is 11.4 Å². The van der Waals surface area contributed by atoms with E-state index >= 15 is 0 Å². The lowest BCUT2D eigenvalue weighted by atomic mass is 10.1. The van der Waals surface area contributed by atoms with E-state index in [1.807, 2.05) is 18.2 Å². The Kier molecular flexibility index (Phi) is 5.83. The van der Waals surface area contributed by atoms with Crippen LogP contribution in [0.4, 0.5) is 0 Å². The SMILES string of the molecule is N#Cc1ccc(OCc2ccc3c(c2)OCO3)cc1OC(C(=O)O)c1ccccc1Cl. The number of carboxylic acid groups (broad SMARTS) is 1. The molecule has 1 atom stereocenters. The predicted octanol–water partition coefficient (Wildman–Crippen LogP) is 4.72. The molecule has 4 rings (SSSR count). The van der Waals surface area contributed by atoms with Gasteiger partial charge in [0.1, 0.15) is 24.2 Å². The summed E-state index contributed by atoms with van der Waals surface area (Å²) in [5.41, 5.74) is 1.32. The van der Waals surface area contributed by atoms with Crippen molar-refractivity contribution in [3.05, 3.63) is 82.4 Å². The summed E-state index contributed by atoms with van der Waals surface area (Å²) in [6.07, 6.45) is -1.38. The molecule has 8 heteroatoms. The van der Waals surface area contributed by atoms with Gasteiger partial charge >= 0.3 is 5.97 Å². The Balaban J connectivity index is 1.55. The fourth-order valence-corrected chi connectivity index (χ4v) is 3.28. The molecule has 0 spiro atoms. The molecule has 1 aliphatic rings. The molecule has 0 aliphatic carbocycles. The molecule has 3 aromatic carbocycles. The molecule has 3 aromatic rings. The van der Waals surface area contributed by atoms with Crippen LogP contribution < -0.4 is 18.9 Å². The smallest absolute Gasteiger partial charge is 0.349 e. The van der Waals surface area contributed by atoms with Crippen molar-refractivity contribution in [3.63, 3.8) is 0 Å². The van der Waals surface area contributed by atoms with E-state index in [9.17, 15) is 15.2 Å². The monoisotopic (exact) mass is 437 g/mol. The molecule has 0 fully saturated rings. The zero-order chi connectivity index (χ0) is 21.8. The van der Waals surface area contributed by atoms with Gasteiger partial charge in [0.2, 0.25) is 12.9 Å². The number of hydrogen-bond donors (Lipinski definition) is 1. The van der Waals surface area contributed by atoms with Crippen LogP contribution in [0, 0.1) is 11.3 Å². The van der Waals surface area contributed by atoms with Crippen LogP contribution in [0.3, 0.4) is 0 Å². The van der Waals surface area contributed by atoms with Gasteiger partial charge in [-0.15, -0.1) is 0 Å². The molecule has 0 amide bonds. The van der Waals surface area contributed by atoms with Crippen molar-refractivity contribution in [3.8, 4) is 29.1 Å². The second kappa shape index (κ2) is 8.86. The Labute approximate surface area is 182 Å². The van der Waals surface area contributed by atoms with Gasteiger partial charge in [-0.05, 0) is 35.9 Å². The van der Waals surface area contributed by atoms with Crippen LogP contribution in [0.5, 0.6) is 23.0 Å². The average molecular weight is 438 g/mol. The van der Waals surface area contributed by atoms with E-state index in [0.29, 0.717) is 17.2 Å². The molecule has 0 aromatic heterocycles. The number of rotatable bonds is 7. The van der Waals surface area contributed by atoms with Crippen LogP contribution >= 0.6 is 11.6 Å². The highest BCUT2D eigenvalue weighted by Gasteiger charge is 2.25. The molecule has 1 N–H and O–H groups in total. The van der Waals surface area contributed by atoms with E-state index in [2.05, 4.69) is 0 Å². The van der Waals surface area contributed by atoms with Crippen molar-refractivity contribution < 1.29 is 28.8 Å². The van der Waals surface area contributed by atoms with Crippen LogP contribution in [0.25, 0.3) is 0 Å². The van der Waals surface area contributed by atoms with Gasteiger partial charge in [0.15, 0.2) is 11.5 Å². The quantitative estimate of drug-likeness (QED) is 0.570. The lowest BCUT2D eigenvalue weighted by Gasteiger charge is -2.18. The van der Waals surface area contributed by atoms with Gasteiger partial charge < -0.3 is 24.1 Å². The second-order valence-electron chi connectivity index (χ2n) is 6.60. The van der Waals surface area contributed by atoms with Gasteiger partial charge in [0.05, 0.1) is 5.56 Å². The van der Waals surface area contributed by atoms with E-state index in [-0.39, 0.29) is 35.3 Å². The standard InChI is InChI=1S/C23H16ClNO6/c24-18-4-2-1-3-17(18)22(23(26)27)31-20-10-16(7-6-15(20)11-25)28-12-14-5-8-19-21(9-14)30-13-29-19/h1-10,22H,12-13H2,(H,26,27). The van der Waals surface area contributed by atoms with Gasteiger partial charge in [-0.2, -0.15) is 5.26 Å². The van der Waals surface area contributed by atoms with Crippen LogP contribution in [0.1, 0.15) is 22.8 Å². The first kappa shape index (κ1) is 20.4. The highest BCUT2D eigenvalue weighted by molar-refractivity contribution is 6.31. The molecule has 0 bridgehead atoms. The summed E-state index contributed by atoms with van der Waals surface area (Å²) in [5.74, 6) is 0.586. The molecule has 1 unspecified atom stereocenters. The molecule has 156 valence electrons. The van der Waals surface area contributed by atoms with Crippen molar-refractivity contribution in [2.75, 3.05) is 6.79 Å². The van der Waals surface area contributed by atoms with E-state index in [1.165, 1.54) is 12.1 Å². The highest BCUT2D eigenvalue weighted by atomic mass is 35.5. The van der Waals surface area contributed by atoms with Crippen LogP contribution in [0.2, 0.25) is 5.02 Å². The first-order chi connectivity index (χ1) is 15.0. The van der Waals surface area contributed by atoms with E-state index in [1.54, 1.807) is 36.4 Å². The molecule has 0 radical (unpaired) electrons. The molecule has 1 aliphatic heterocycles. The maximum atomic E-state index is 11.8. The number of nitrogens with zero attached hydrogens (tertiary/aromatic N) is 1. The minimum Gasteiger partial charge on any atom is -0.489 e. The third-order valence-electron chi connectivity index (χ3n) is 4.57. The lowest BCUT2D eigenvalue weighted by molar-refractivity contribution is -0.145. The second-order valence-corrected chi connectivity index (χ2v) is 7.01. The summed E-state index contributed by atoms with van der Waals surface area (Å²) in [4.78, 5) is 11.8. The van der Waals surface area contributed by atoms with Crippen LogP contribution in [0.15, 0.2) is 60.7 Å². The fraction of sp³-hybridized carbons (Fsp3) is 0.130. The molecule has 7 nitrogen and oxygen atoms in total. The Morgan fingerprint density at radius 3 is 2.71 bits per heavy atom. The zero-order valence-electron chi connectivity index (χ0n) is 16.1. The molecule has 1 heterocycles. The average Bonchev–Trinajstić information content (AvgIpc) is 3.24. The number of carbonyl (C=O) groups is 1. The van der Waals surface area contributed by atoms with Gasteiger partial charge in [-0.3, -0.25) is 0 Å². The van der Waals surface area contributed by atoms with Gasteiger partial charge in [-0.25, -0.2) is 4.79 Å². The Morgan fingerprint density at radius 1 is 1.13 bits per heavy atom. The molecule has 0 saturated carbocycles. The summed E-state index contributed by atoms with van der Waals surface area (Å²) in [5, 5.41) is 19.3. The third kappa shape index (κ3) is 4.49. The predicted molar refractivity (Wildman–Crippen MR) is 111 cm³/mol. The minimum atomic E-state index is -1.38. The van der Waals surface area contributed by atoms with Gasteiger partial charge in [0.25, 0.3) is 0 Å². The highest BCUT2D eigenvalue weighted by Crippen LogP contribution is 2.34. The number of fused-ring (bicyclic) bond motifs is 1. The molecule has 0 saturated heterocycles. The van der Waals surface area contributed by atoms with Gasteiger partial charge in [-0.1, -0.05) is 35.9 Å². The molecular weight excluding hydrogens is 422 g/mol. The maximum absolute atomic E-state index is 11.8. The topological polar surface area (TPSA) is 98.0 Å². The molecule has 31 heavy (non-hydrogen) atoms. The number of nitriles is 1.